The van der Waals surface area contributed by atoms with E-state index >= 15 is 0 Å². The highest BCUT2D eigenvalue weighted by molar-refractivity contribution is 6.05. The zero-order valence-corrected chi connectivity index (χ0v) is 13.6. The van der Waals surface area contributed by atoms with Gasteiger partial charge in [-0.05, 0) is 31.0 Å². The Labute approximate surface area is 139 Å². The van der Waals surface area contributed by atoms with Gasteiger partial charge in [0, 0.05) is 24.4 Å². The predicted molar refractivity (Wildman–Crippen MR) is 89.5 cm³/mol. The van der Waals surface area contributed by atoms with Crippen molar-refractivity contribution in [2.45, 2.75) is 25.3 Å². The van der Waals surface area contributed by atoms with Gasteiger partial charge in [-0.1, -0.05) is 24.6 Å². The first-order chi connectivity index (χ1) is 11.7. The molecule has 1 amide bonds. The van der Waals surface area contributed by atoms with E-state index in [-0.39, 0.29) is 17.4 Å². The van der Waals surface area contributed by atoms with Crippen LogP contribution < -0.4 is 0 Å². The maximum Gasteiger partial charge on any atom is 0.273 e. The lowest BCUT2D eigenvalue weighted by atomic mass is 9.57. The van der Waals surface area contributed by atoms with Gasteiger partial charge >= 0.3 is 0 Å². The van der Waals surface area contributed by atoms with E-state index in [2.05, 4.69) is 5.10 Å². The largest absolute Gasteiger partial charge is 0.467 e. The molecule has 5 heteroatoms. The van der Waals surface area contributed by atoms with Crippen molar-refractivity contribution in [2.75, 3.05) is 6.54 Å². The lowest BCUT2D eigenvalue weighted by Gasteiger charge is -2.61. The van der Waals surface area contributed by atoms with Crippen LogP contribution in [0, 0.1) is 5.41 Å². The molecule has 3 aromatic rings. The van der Waals surface area contributed by atoms with Crippen LogP contribution in [0.1, 0.15) is 41.6 Å². The van der Waals surface area contributed by atoms with E-state index in [0.717, 1.165) is 23.2 Å². The van der Waals surface area contributed by atoms with Gasteiger partial charge in [-0.2, -0.15) is 5.10 Å². The molecule has 1 spiro atoms. The molecule has 2 fully saturated rings. The fraction of sp³-hybridized carbons (Fsp3) is 0.368. The lowest BCUT2D eigenvalue weighted by molar-refractivity contribution is -0.113. The van der Waals surface area contributed by atoms with Crippen molar-refractivity contribution in [1.82, 2.24) is 14.7 Å². The summed E-state index contributed by atoms with van der Waals surface area (Å²) in [7, 11) is 1.84. The second-order valence-corrected chi connectivity index (χ2v) is 7.06. The minimum Gasteiger partial charge on any atom is -0.467 e. The molecule has 1 atom stereocenters. The molecule has 1 saturated carbocycles. The number of carbonyl (C=O) groups is 1. The molecule has 122 valence electrons. The Morgan fingerprint density at radius 2 is 2.08 bits per heavy atom. The minimum atomic E-state index is 0.0464. The average Bonchev–Trinajstić information content (AvgIpc) is 3.11. The number of benzene rings is 1. The molecule has 0 radical (unpaired) electrons. The number of hydrogen-bond donors (Lipinski definition) is 0. The van der Waals surface area contributed by atoms with Crippen molar-refractivity contribution in [3.05, 3.63) is 54.1 Å². The summed E-state index contributed by atoms with van der Waals surface area (Å²) < 4.78 is 7.37. The van der Waals surface area contributed by atoms with Gasteiger partial charge in [0.15, 0.2) is 0 Å². The molecule has 2 aromatic heterocycles. The number of amides is 1. The Morgan fingerprint density at radius 3 is 2.79 bits per heavy atom. The third-order valence-electron chi connectivity index (χ3n) is 5.74. The zero-order chi connectivity index (χ0) is 16.3. The standard InChI is InChI=1S/C19H19N3O2/c1-21-16(13-6-2-3-7-14(13)20-21)18(23)22-12-19(9-5-10-19)17(22)15-8-4-11-24-15/h2-4,6-8,11,17H,5,9-10,12H2,1H3. The number of hydrogen-bond acceptors (Lipinski definition) is 3. The fourth-order valence-electron chi connectivity index (χ4n) is 4.43. The number of rotatable bonds is 2. The summed E-state index contributed by atoms with van der Waals surface area (Å²) in [5.74, 6) is 0.950. The normalized spacial score (nSPS) is 21.7. The van der Waals surface area contributed by atoms with Crippen LogP contribution in [0.3, 0.4) is 0 Å². The zero-order valence-electron chi connectivity index (χ0n) is 13.6. The summed E-state index contributed by atoms with van der Waals surface area (Å²) in [5.41, 5.74) is 1.75. The van der Waals surface area contributed by atoms with Gasteiger partial charge in [0.1, 0.15) is 11.5 Å². The Kier molecular flexibility index (Phi) is 2.72. The van der Waals surface area contributed by atoms with E-state index in [0.29, 0.717) is 5.69 Å². The Balaban J connectivity index is 1.56. The van der Waals surface area contributed by atoms with Crippen molar-refractivity contribution in [3.8, 4) is 0 Å². The number of likely N-dealkylation sites (tertiary alicyclic amines) is 1. The highest BCUT2D eigenvalue weighted by Gasteiger charge is 2.59. The van der Waals surface area contributed by atoms with E-state index in [1.54, 1.807) is 10.9 Å². The van der Waals surface area contributed by atoms with Crippen LogP contribution in [0.25, 0.3) is 10.9 Å². The Bertz CT molecular complexity index is 921. The average molecular weight is 321 g/mol. The van der Waals surface area contributed by atoms with Crippen LogP contribution >= 0.6 is 0 Å². The lowest BCUT2D eigenvalue weighted by Crippen LogP contribution is -2.63. The van der Waals surface area contributed by atoms with Gasteiger partial charge < -0.3 is 9.32 Å². The monoisotopic (exact) mass is 321 g/mol. The summed E-state index contributed by atoms with van der Waals surface area (Å²) in [6, 6.07) is 11.8. The molecule has 1 aliphatic carbocycles. The first-order valence-electron chi connectivity index (χ1n) is 8.46. The van der Waals surface area contributed by atoms with Crippen molar-refractivity contribution in [1.29, 1.82) is 0 Å². The molecule has 0 N–H and O–H groups in total. The van der Waals surface area contributed by atoms with Crippen LogP contribution in [0.15, 0.2) is 47.1 Å². The van der Waals surface area contributed by atoms with E-state index in [1.165, 1.54) is 19.3 Å². The first-order valence-corrected chi connectivity index (χ1v) is 8.46. The number of furan rings is 1. The third kappa shape index (κ3) is 1.70. The molecule has 1 aliphatic heterocycles. The number of aryl methyl sites for hydroxylation is 1. The smallest absolute Gasteiger partial charge is 0.273 e. The molecule has 0 bridgehead atoms. The van der Waals surface area contributed by atoms with Crippen molar-refractivity contribution in [2.24, 2.45) is 12.5 Å². The first kappa shape index (κ1) is 13.8. The Morgan fingerprint density at radius 1 is 1.25 bits per heavy atom. The molecule has 24 heavy (non-hydrogen) atoms. The molecule has 2 aliphatic rings. The molecular formula is C19H19N3O2. The van der Waals surface area contributed by atoms with Gasteiger partial charge in [-0.3, -0.25) is 9.48 Å². The van der Waals surface area contributed by atoms with Gasteiger partial charge in [0.2, 0.25) is 0 Å². The fourth-order valence-corrected chi connectivity index (χ4v) is 4.43. The van der Waals surface area contributed by atoms with Gasteiger partial charge in [0.05, 0.1) is 17.8 Å². The minimum absolute atomic E-state index is 0.0464. The van der Waals surface area contributed by atoms with E-state index in [9.17, 15) is 4.79 Å². The van der Waals surface area contributed by atoms with Gasteiger partial charge in [0.25, 0.3) is 5.91 Å². The van der Waals surface area contributed by atoms with E-state index in [1.807, 2.05) is 48.3 Å². The third-order valence-corrected chi connectivity index (χ3v) is 5.74. The van der Waals surface area contributed by atoms with Crippen LogP contribution in [-0.4, -0.2) is 27.1 Å². The van der Waals surface area contributed by atoms with E-state index < -0.39 is 0 Å². The molecule has 1 unspecified atom stereocenters. The van der Waals surface area contributed by atoms with Crippen molar-refractivity contribution >= 4 is 16.8 Å². The topological polar surface area (TPSA) is 51.3 Å². The summed E-state index contributed by atoms with van der Waals surface area (Å²) in [6.07, 6.45) is 5.29. The highest BCUT2D eigenvalue weighted by Crippen LogP contribution is 2.60. The summed E-state index contributed by atoms with van der Waals surface area (Å²) >= 11 is 0. The highest BCUT2D eigenvalue weighted by atomic mass is 16.3. The number of fused-ring (bicyclic) bond motifs is 1. The molecular weight excluding hydrogens is 302 g/mol. The van der Waals surface area contributed by atoms with Crippen molar-refractivity contribution in [3.63, 3.8) is 0 Å². The number of aromatic nitrogens is 2. The second kappa shape index (κ2) is 4.72. The van der Waals surface area contributed by atoms with Crippen LogP contribution in [0.2, 0.25) is 0 Å². The maximum absolute atomic E-state index is 13.3. The summed E-state index contributed by atoms with van der Waals surface area (Å²) in [6.45, 7) is 0.816. The number of nitrogens with zero attached hydrogens (tertiary/aromatic N) is 3. The van der Waals surface area contributed by atoms with Crippen LogP contribution in [0.5, 0.6) is 0 Å². The van der Waals surface area contributed by atoms with Crippen LogP contribution in [0.4, 0.5) is 0 Å². The molecule has 3 heterocycles. The molecule has 1 saturated heterocycles. The molecule has 5 nitrogen and oxygen atoms in total. The summed E-state index contributed by atoms with van der Waals surface area (Å²) in [5, 5.41) is 5.39. The SMILES string of the molecule is Cn1nc2ccccc2c1C(=O)N1CC2(CCC2)C1c1ccco1. The van der Waals surface area contributed by atoms with Gasteiger partial charge in [-0.25, -0.2) is 0 Å². The molecule has 5 rings (SSSR count). The van der Waals surface area contributed by atoms with Crippen LogP contribution in [-0.2, 0) is 7.05 Å². The predicted octanol–water partition coefficient (Wildman–Crippen LogP) is 3.53. The molecule has 1 aromatic carbocycles. The van der Waals surface area contributed by atoms with Gasteiger partial charge in [-0.15, -0.1) is 0 Å². The Hall–Kier alpha value is -2.56. The quantitative estimate of drug-likeness (QED) is 0.725. The van der Waals surface area contributed by atoms with Crippen molar-refractivity contribution < 1.29 is 9.21 Å². The van der Waals surface area contributed by atoms with E-state index in [4.69, 9.17) is 4.42 Å². The second-order valence-electron chi connectivity index (χ2n) is 7.06. The maximum atomic E-state index is 13.3. The number of carbonyl (C=O) groups excluding carboxylic acids is 1. The summed E-state index contributed by atoms with van der Waals surface area (Å²) in [4.78, 5) is 15.2.